The van der Waals surface area contributed by atoms with E-state index < -0.39 is 34.9 Å². The SMILES string of the molecule is CC(=O)NCC(=O)N1C[C@H](O[Si](C)(C)C(C)(C)C)[C@@H](O[Si](C)(C)C(C)(C)C)C1C(=O)NC(C)C. The molecule has 34 heavy (non-hydrogen) atoms. The summed E-state index contributed by atoms with van der Waals surface area (Å²) in [6.07, 6.45) is -1.02. The van der Waals surface area contributed by atoms with Gasteiger partial charge in [0, 0.05) is 19.5 Å². The second-order valence-corrected chi connectivity index (χ2v) is 22.3. The minimum Gasteiger partial charge on any atom is -0.409 e. The summed E-state index contributed by atoms with van der Waals surface area (Å²) in [5.41, 5.74) is 0. The lowest BCUT2D eigenvalue weighted by atomic mass is 10.1. The van der Waals surface area contributed by atoms with Crippen LogP contribution < -0.4 is 10.6 Å². The minimum atomic E-state index is -2.31. The van der Waals surface area contributed by atoms with E-state index in [1.54, 1.807) is 4.90 Å². The van der Waals surface area contributed by atoms with Crippen molar-refractivity contribution in [2.75, 3.05) is 13.1 Å². The molecule has 1 rings (SSSR count). The fourth-order valence-corrected chi connectivity index (χ4v) is 5.96. The van der Waals surface area contributed by atoms with Crippen LogP contribution in [0.1, 0.15) is 62.3 Å². The largest absolute Gasteiger partial charge is 0.409 e. The first-order valence-electron chi connectivity index (χ1n) is 12.3. The van der Waals surface area contributed by atoms with Gasteiger partial charge in [0.05, 0.1) is 12.6 Å². The fourth-order valence-electron chi connectivity index (χ4n) is 3.33. The maximum Gasteiger partial charge on any atom is 0.245 e. The van der Waals surface area contributed by atoms with Crippen molar-refractivity contribution < 1.29 is 23.2 Å². The van der Waals surface area contributed by atoms with Crippen molar-refractivity contribution in [1.82, 2.24) is 15.5 Å². The summed E-state index contributed by atoms with van der Waals surface area (Å²) in [7, 11) is -4.55. The number of carbonyl (C=O) groups excluding carboxylic acids is 3. The summed E-state index contributed by atoms with van der Waals surface area (Å²) >= 11 is 0. The number of likely N-dealkylation sites (tertiary alicyclic amines) is 1. The van der Waals surface area contributed by atoms with Gasteiger partial charge in [-0.3, -0.25) is 14.4 Å². The molecule has 1 unspecified atom stereocenters. The van der Waals surface area contributed by atoms with Crippen molar-refractivity contribution in [3.63, 3.8) is 0 Å². The van der Waals surface area contributed by atoms with Crippen LogP contribution in [-0.4, -0.2) is 76.6 Å². The molecule has 8 nitrogen and oxygen atoms in total. The monoisotopic (exact) mass is 515 g/mol. The third kappa shape index (κ3) is 7.63. The highest BCUT2D eigenvalue weighted by Crippen LogP contribution is 2.42. The van der Waals surface area contributed by atoms with Gasteiger partial charge in [-0.2, -0.15) is 0 Å². The predicted octanol–water partition coefficient (Wildman–Crippen LogP) is 3.64. The van der Waals surface area contributed by atoms with E-state index in [-0.39, 0.29) is 46.9 Å². The van der Waals surface area contributed by atoms with Gasteiger partial charge in [-0.1, -0.05) is 41.5 Å². The molecular formula is C24H49N3O5Si2. The summed E-state index contributed by atoms with van der Waals surface area (Å²) in [6.45, 7) is 26.8. The summed E-state index contributed by atoms with van der Waals surface area (Å²) in [5.74, 6) is -0.862. The number of hydrogen-bond acceptors (Lipinski definition) is 5. The Kier molecular flexibility index (Phi) is 9.78. The van der Waals surface area contributed by atoms with Crippen LogP contribution in [0.5, 0.6) is 0 Å². The van der Waals surface area contributed by atoms with Crippen molar-refractivity contribution in [2.45, 2.75) is 123 Å². The summed E-state index contributed by atoms with van der Waals surface area (Å²) in [6, 6.07) is -0.916. The average molecular weight is 516 g/mol. The highest BCUT2D eigenvalue weighted by atomic mass is 28.4. The lowest BCUT2D eigenvalue weighted by Gasteiger charge is -2.43. The van der Waals surface area contributed by atoms with Crippen LogP contribution in [0.25, 0.3) is 0 Å². The van der Waals surface area contributed by atoms with Crippen LogP contribution in [0.3, 0.4) is 0 Å². The Balaban J connectivity index is 3.52. The zero-order chi connectivity index (χ0) is 26.9. The van der Waals surface area contributed by atoms with Crippen LogP contribution in [0, 0.1) is 0 Å². The molecule has 1 heterocycles. The van der Waals surface area contributed by atoms with Crippen LogP contribution in [0.2, 0.25) is 36.3 Å². The Morgan fingerprint density at radius 3 is 1.82 bits per heavy atom. The van der Waals surface area contributed by atoms with Crippen LogP contribution in [0.4, 0.5) is 0 Å². The average Bonchev–Trinajstić information content (AvgIpc) is 2.94. The van der Waals surface area contributed by atoms with E-state index in [2.05, 4.69) is 78.4 Å². The molecule has 3 amide bonds. The van der Waals surface area contributed by atoms with Gasteiger partial charge in [0.2, 0.25) is 17.7 Å². The quantitative estimate of drug-likeness (QED) is 0.481. The first-order valence-corrected chi connectivity index (χ1v) is 18.1. The third-order valence-electron chi connectivity index (χ3n) is 7.39. The summed E-state index contributed by atoms with van der Waals surface area (Å²) < 4.78 is 13.7. The molecule has 0 bridgehead atoms. The van der Waals surface area contributed by atoms with E-state index in [9.17, 15) is 14.4 Å². The van der Waals surface area contributed by atoms with Crippen molar-refractivity contribution in [3.8, 4) is 0 Å². The molecule has 3 atom stereocenters. The number of hydrogen-bond donors (Lipinski definition) is 2. The first-order chi connectivity index (χ1) is 15.1. The lowest BCUT2D eigenvalue weighted by molar-refractivity contribution is -0.140. The highest BCUT2D eigenvalue weighted by Gasteiger charge is 2.54. The molecule has 0 aromatic heterocycles. The topological polar surface area (TPSA) is 97.0 Å². The van der Waals surface area contributed by atoms with Gasteiger partial charge in [0.1, 0.15) is 12.1 Å². The van der Waals surface area contributed by atoms with Gasteiger partial charge in [-0.25, -0.2) is 0 Å². The zero-order valence-electron chi connectivity index (χ0n) is 23.7. The Bertz CT molecular complexity index is 757. The Morgan fingerprint density at radius 2 is 1.41 bits per heavy atom. The summed E-state index contributed by atoms with van der Waals surface area (Å²) in [5, 5.41) is 5.42. The highest BCUT2D eigenvalue weighted by molar-refractivity contribution is 6.74. The lowest BCUT2D eigenvalue weighted by Crippen LogP contribution is -2.58. The molecule has 198 valence electrons. The standard InChI is InChI=1S/C24H49N3O5Si2/c1-16(2)26-22(30)20-21(32-34(12,13)24(7,8)9)18(31-33(10,11)23(4,5)6)15-27(20)19(29)14-25-17(3)28/h16,18,20-21H,14-15H2,1-13H3,(H,25,28)(H,26,30)/t18-,20?,21+/m0/s1. The van der Waals surface area contributed by atoms with Crippen LogP contribution in [0.15, 0.2) is 0 Å². The van der Waals surface area contributed by atoms with E-state index in [4.69, 9.17) is 8.85 Å². The van der Waals surface area contributed by atoms with Gasteiger partial charge in [0.15, 0.2) is 16.6 Å². The predicted molar refractivity (Wildman–Crippen MR) is 142 cm³/mol. The molecule has 0 aromatic carbocycles. The molecule has 1 aliphatic rings. The molecule has 1 aliphatic heterocycles. The van der Waals surface area contributed by atoms with E-state index >= 15 is 0 Å². The number of rotatable bonds is 8. The number of nitrogens with one attached hydrogen (secondary N) is 2. The normalized spacial score (nSPS) is 22.2. The van der Waals surface area contributed by atoms with Crippen molar-refractivity contribution >= 4 is 34.4 Å². The van der Waals surface area contributed by atoms with Gasteiger partial charge in [0.25, 0.3) is 0 Å². The molecule has 0 saturated carbocycles. The summed E-state index contributed by atoms with van der Waals surface area (Å²) in [4.78, 5) is 39.7. The Labute approximate surface area is 209 Å². The number of amides is 3. The van der Waals surface area contributed by atoms with Gasteiger partial charge in [-0.15, -0.1) is 0 Å². The molecule has 1 fully saturated rings. The maximum absolute atomic E-state index is 13.5. The Hall–Kier alpha value is -1.24. The van der Waals surface area contributed by atoms with E-state index in [1.807, 2.05) is 13.8 Å². The van der Waals surface area contributed by atoms with E-state index in [0.717, 1.165) is 0 Å². The number of carbonyl (C=O) groups is 3. The van der Waals surface area contributed by atoms with E-state index in [0.29, 0.717) is 0 Å². The van der Waals surface area contributed by atoms with Gasteiger partial charge in [-0.05, 0) is 50.1 Å². The molecular weight excluding hydrogens is 466 g/mol. The van der Waals surface area contributed by atoms with Gasteiger partial charge >= 0.3 is 0 Å². The third-order valence-corrected chi connectivity index (χ3v) is 16.4. The smallest absolute Gasteiger partial charge is 0.245 e. The molecule has 0 aliphatic carbocycles. The second kappa shape index (κ2) is 10.8. The zero-order valence-corrected chi connectivity index (χ0v) is 25.7. The molecule has 10 heteroatoms. The van der Waals surface area contributed by atoms with E-state index in [1.165, 1.54) is 6.92 Å². The molecule has 1 saturated heterocycles. The maximum atomic E-state index is 13.5. The fraction of sp³-hybridized carbons (Fsp3) is 0.875. The first kappa shape index (κ1) is 30.8. The molecule has 0 aromatic rings. The van der Waals surface area contributed by atoms with Crippen LogP contribution >= 0.6 is 0 Å². The Morgan fingerprint density at radius 1 is 0.941 bits per heavy atom. The number of nitrogens with zero attached hydrogens (tertiary/aromatic N) is 1. The van der Waals surface area contributed by atoms with Crippen LogP contribution in [-0.2, 0) is 23.2 Å². The molecule has 2 N–H and O–H groups in total. The van der Waals surface area contributed by atoms with Crippen molar-refractivity contribution in [3.05, 3.63) is 0 Å². The minimum absolute atomic E-state index is 0.0438. The van der Waals surface area contributed by atoms with Crippen molar-refractivity contribution in [1.29, 1.82) is 0 Å². The molecule has 0 spiro atoms. The van der Waals surface area contributed by atoms with Gasteiger partial charge < -0.3 is 24.4 Å². The molecule has 0 radical (unpaired) electrons. The van der Waals surface area contributed by atoms with Crippen molar-refractivity contribution in [2.24, 2.45) is 0 Å². The second-order valence-electron chi connectivity index (χ2n) is 12.8.